The Balaban J connectivity index is 1.98. The third-order valence-corrected chi connectivity index (χ3v) is 6.60. The number of carbonyl (C=O) groups is 3. The molecule has 29 heavy (non-hydrogen) atoms. The quantitative estimate of drug-likeness (QED) is 0.601. The lowest BCUT2D eigenvalue weighted by molar-refractivity contribution is -0.147. The fourth-order valence-electron chi connectivity index (χ4n) is 3.32. The Morgan fingerprint density at radius 1 is 1.38 bits per heavy atom. The monoisotopic (exact) mass is 430 g/mol. The number of sulfonamides is 1. The standard InChI is InChI=1S/C17H26N4O7S/c1-10-15(12(3)28-18-10)29(26,27)19-11(2)16(23)20(4)9-14(22)21-7-5-6-13(8-21)17(24)25/h11,13,19H,5-9H2,1-4H3,(H,24,25). The number of hydrogen-bond donors (Lipinski definition) is 2. The summed E-state index contributed by atoms with van der Waals surface area (Å²) in [4.78, 5) is 38.6. The van der Waals surface area contributed by atoms with E-state index >= 15 is 0 Å². The molecule has 1 aromatic heterocycles. The lowest BCUT2D eigenvalue weighted by atomic mass is 9.98. The van der Waals surface area contributed by atoms with Crippen LogP contribution in [0.1, 0.15) is 31.2 Å². The van der Waals surface area contributed by atoms with Gasteiger partial charge in [-0.15, -0.1) is 0 Å². The maximum Gasteiger partial charge on any atom is 0.308 e. The van der Waals surface area contributed by atoms with Crippen LogP contribution in [0.15, 0.2) is 9.42 Å². The van der Waals surface area contributed by atoms with Gasteiger partial charge in [-0.05, 0) is 33.6 Å². The average molecular weight is 430 g/mol. The summed E-state index contributed by atoms with van der Waals surface area (Å²) < 4.78 is 32.2. The van der Waals surface area contributed by atoms with Crippen molar-refractivity contribution in [1.29, 1.82) is 0 Å². The van der Waals surface area contributed by atoms with E-state index in [-0.39, 0.29) is 35.3 Å². The molecule has 2 atom stereocenters. The minimum absolute atomic E-state index is 0.102. The van der Waals surface area contributed by atoms with E-state index in [1.54, 1.807) is 0 Å². The molecule has 1 aromatic rings. The highest BCUT2D eigenvalue weighted by Gasteiger charge is 2.32. The second kappa shape index (κ2) is 8.91. The fourth-order valence-corrected chi connectivity index (χ4v) is 4.84. The van der Waals surface area contributed by atoms with E-state index in [1.807, 2.05) is 0 Å². The number of piperidine rings is 1. The highest BCUT2D eigenvalue weighted by molar-refractivity contribution is 7.89. The van der Waals surface area contributed by atoms with Crippen LogP contribution in [0.4, 0.5) is 0 Å². The van der Waals surface area contributed by atoms with Crippen LogP contribution in [-0.4, -0.2) is 79.0 Å². The number of aliphatic carboxylic acids is 1. The van der Waals surface area contributed by atoms with Crippen LogP contribution in [0.2, 0.25) is 0 Å². The summed E-state index contributed by atoms with van der Waals surface area (Å²) >= 11 is 0. The smallest absolute Gasteiger partial charge is 0.308 e. The van der Waals surface area contributed by atoms with Crippen molar-refractivity contribution in [2.75, 3.05) is 26.7 Å². The number of hydrogen-bond acceptors (Lipinski definition) is 7. The van der Waals surface area contributed by atoms with Crippen LogP contribution in [0.5, 0.6) is 0 Å². The van der Waals surface area contributed by atoms with Crippen molar-refractivity contribution < 1.29 is 32.4 Å². The Hall–Kier alpha value is -2.47. The molecule has 2 N–H and O–H groups in total. The Morgan fingerprint density at radius 3 is 2.59 bits per heavy atom. The maximum atomic E-state index is 12.5. The fraction of sp³-hybridized carbons (Fsp3) is 0.647. The van der Waals surface area contributed by atoms with Gasteiger partial charge in [-0.2, -0.15) is 4.72 Å². The van der Waals surface area contributed by atoms with Gasteiger partial charge in [0.05, 0.1) is 18.5 Å². The molecule has 0 spiro atoms. The molecule has 11 nitrogen and oxygen atoms in total. The first-order chi connectivity index (χ1) is 13.4. The zero-order valence-corrected chi connectivity index (χ0v) is 17.7. The van der Waals surface area contributed by atoms with Gasteiger partial charge in [-0.25, -0.2) is 8.42 Å². The normalized spacial score (nSPS) is 18.3. The van der Waals surface area contributed by atoms with Gasteiger partial charge in [0.25, 0.3) is 0 Å². The second-order valence-corrected chi connectivity index (χ2v) is 8.86. The van der Waals surface area contributed by atoms with Crippen LogP contribution < -0.4 is 4.72 Å². The number of aryl methyl sites for hydroxylation is 2. The van der Waals surface area contributed by atoms with E-state index in [0.29, 0.717) is 19.4 Å². The lowest BCUT2D eigenvalue weighted by Crippen LogP contribution is -2.50. The number of aromatic nitrogens is 1. The molecule has 1 aliphatic rings. The van der Waals surface area contributed by atoms with Gasteiger partial charge in [0.15, 0.2) is 5.76 Å². The van der Waals surface area contributed by atoms with E-state index in [2.05, 4.69) is 9.88 Å². The molecular formula is C17H26N4O7S. The molecule has 2 unspecified atom stereocenters. The SMILES string of the molecule is Cc1noc(C)c1S(=O)(=O)NC(C)C(=O)N(C)CC(=O)N1CCCC(C(=O)O)C1. The van der Waals surface area contributed by atoms with E-state index in [0.717, 1.165) is 4.90 Å². The largest absolute Gasteiger partial charge is 0.481 e. The van der Waals surface area contributed by atoms with Crippen molar-refractivity contribution in [3.8, 4) is 0 Å². The average Bonchev–Trinajstić information content (AvgIpc) is 2.99. The first kappa shape index (κ1) is 22.8. The molecule has 1 fully saturated rings. The predicted molar refractivity (Wildman–Crippen MR) is 100 cm³/mol. The summed E-state index contributed by atoms with van der Waals surface area (Å²) in [6.07, 6.45) is 1.09. The third kappa shape index (κ3) is 5.32. The van der Waals surface area contributed by atoms with E-state index < -0.39 is 33.9 Å². The molecular weight excluding hydrogens is 404 g/mol. The Bertz CT molecular complexity index is 876. The molecule has 0 bridgehead atoms. The van der Waals surface area contributed by atoms with Crippen LogP contribution in [0, 0.1) is 19.8 Å². The number of carbonyl (C=O) groups excluding carboxylic acids is 2. The molecule has 2 heterocycles. The number of rotatable bonds is 7. The highest BCUT2D eigenvalue weighted by Crippen LogP contribution is 2.19. The van der Waals surface area contributed by atoms with Crippen molar-refractivity contribution in [3.63, 3.8) is 0 Å². The van der Waals surface area contributed by atoms with Gasteiger partial charge in [0, 0.05) is 20.1 Å². The first-order valence-corrected chi connectivity index (χ1v) is 10.6. The van der Waals surface area contributed by atoms with Crippen molar-refractivity contribution in [2.24, 2.45) is 5.92 Å². The summed E-state index contributed by atoms with van der Waals surface area (Å²) in [6.45, 7) is 4.56. The van der Waals surface area contributed by atoms with Gasteiger partial charge in [-0.3, -0.25) is 14.4 Å². The minimum atomic E-state index is -4.04. The molecule has 1 aliphatic heterocycles. The third-order valence-electron chi connectivity index (χ3n) is 4.81. The highest BCUT2D eigenvalue weighted by atomic mass is 32.2. The number of nitrogens with one attached hydrogen (secondary N) is 1. The summed E-state index contributed by atoms with van der Waals surface area (Å²) in [6, 6.07) is -1.13. The summed E-state index contributed by atoms with van der Waals surface area (Å²) in [5, 5.41) is 12.7. The van der Waals surface area contributed by atoms with Crippen LogP contribution in [0.3, 0.4) is 0 Å². The van der Waals surface area contributed by atoms with Crippen molar-refractivity contribution in [1.82, 2.24) is 19.7 Å². The molecule has 0 radical (unpaired) electrons. The van der Waals surface area contributed by atoms with Gasteiger partial charge in [-0.1, -0.05) is 5.16 Å². The Kier molecular flexibility index (Phi) is 7.01. The summed E-state index contributed by atoms with van der Waals surface area (Å²) in [5.41, 5.74) is 0.177. The lowest BCUT2D eigenvalue weighted by Gasteiger charge is -2.32. The minimum Gasteiger partial charge on any atom is -0.481 e. The van der Waals surface area contributed by atoms with Crippen LogP contribution in [-0.2, 0) is 24.4 Å². The van der Waals surface area contributed by atoms with Crippen molar-refractivity contribution >= 4 is 27.8 Å². The number of likely N-dealkylation sites (tertiary alicyclic amines) is 1. The molecule has 0 saturated carbocycles. The maximum absolute atomic E-state index is 12.5. The van der Waals surface area contributed by atoms with E-state index in [9.17, 15) is 22.8 Å². The van der Waals surface area contributed by atoms with Gasteiger partial charge in [0.1, 0.15) is 10.6 Å². The number of carboxylic acids is 1. The number of carboxylic acid groups (broad SMARTS) is 1. The zero-order chi connectivity index (χ0) is 21.9. The Morgan fingerprint density at radius 2 is 2.03 bits per heavy atom. The van der Waals surface area contributed by atoms with Crippen LogP contribution in [0.25, 0.3) is 0 Å². The topological polar surface area (TPSA) is 150 Å². The van der Waals surface area contributed by atoms with Gasteiger partial charge in [0.2, 0.25) is 21.8 Å². The second-order valence-electron chi connectivity index (χ2n) is 7.21. The predicted octanol–water partition coefficient (Wildman–Crippen LogP) is -0.260. The number of amides is 2. The van der Waals surface area contributed by atoms with Crippen molar-refractivity contribution in [2.45, 2.75) is 44.6 Å². The molecule has 2 rings (SSSR count). The summed E-state index contributed by atoms with van der Waals surface area (Å²) in [5.74, 6) is -2.44. The van der Waals surface area contributed by atoms with E-state index in [1.165, 1.54) is 32.7 Å². The molecule has 2 amide bonds. The van der Waals surface area contributed by atoms with Crippen molar-refractivity contribution in [3.05, 3.63) is 11.5 Å². The Labute approximate surface area is 169 Å². The summed E-state index contributed by atoms with van der Waals surface area (Å²) in [7, 11) is -2.65. The molecule has 0 aromatic carbocycles. The molecule has 12 heteroatoms. The van der Waals surface area contributed by atoms with Gasteiger partial charge < -0.3 is 19.4 Å². The van der Waals surface area contributed by atoms with E-state index in [4.69, 9.17) is 9.63 Å². The van der Waals surface area contributed by atoms with Gasteiger partial charge >= 0.3 is 5.97 Å². The molecule has 1 saturated heterocycles. The first-order valence-electron chi connectivity index (χ1n) is 9.14. The molecule has 0 aliphatic carbocycles. The van der Waals surface area contributed by atoms with Crippen LogP contribution >= 0.6 is 0 Å². The number of nitrogens with zero attached hydrogens (tertiary/aromatic N) is 3. The number of likely N-dealkylation sites (N-methyl/N-ethyl adjacent to an activating group) is 1. The zero-order valence-electron chi connectivity index (χ0n) is 16.8. The molecule has 162 valence electrons.